The number of rotatable bonds is 9. The smallest absolute Gasteiger partial charge is 0.191 e. The summed E-state index contributed by atoms with van der Waals surface area (Å²) in [6.45, 7) is 9.42. The molecule has 0 radical (unpaired) electrons. The van der Waals surface area contributed by atoms with E-state index in [4.69, 9.17) is 4.99 Å². The van der Waals surface area contributed by atoms with E-state index in [-0.39, 0.29) is 24.0 Å². The zero-order valence-electron chi connectivity index (χ0n) is 18.5. The molecule has 1 unspecified atom stereocenters. The minimum Gasteiger partial charge on any atom is -0.357 e. The van der Waals surface area contributed by atoms with Crippen LogP contribution in [0, 0.1) is 5.92 Å². The molecule has 168 valence electrons. The molecule has 1 atom stereocenters. The Hall–Kier alpha value is -1.13. The van der Waals surface area contributed by atoms with E-state index in [1.54, 1.807) is 0 Å². The van der Waals surface area contributed by atoms with Gasteiger partial charge in [0.05, 0.1) is 18.8 Å². The molecule has 0 amide bonds. The molecule has 0 aromatic carbocycles. The quantitative estimate of drug-likeness (QED) is 0.217. The van der Waals surface area contributed by atoms with Gasteiger partial charge in [-0.15, -0.1) is 35.3 Å². The van der Waals surface area contributed by atoms with Crippen LogP contribution in [0.15, 0.2) is 34.9 Å². The first kappa shape index (κ1) is 25.1. The van der Waals surface area contributed by atoms with Crippen LogP contribution >= 0.6 is 35.3 Å². The van der Waals surface area contributed by atoms with Gasteiger partial charge in [0.25, 0.3) is 0 Å². The van der Waals surface area contributed by atoms with Crippen molar-refractivity contribution in [1.82, 2.24) is 25.3 Å². The maximum atomic E-state index is 4.96. The van der Waals surface area contributed by atoms with Gasteiger partial charge >= 0.3 is 0 Å². The molecule has 2 aromatic heterocycles. The van der Waals surface area contributed by atoms with Gasteiger partial charge in [-0.05, 0) is 68.6 Å². The van der Waals surface area contributed by atoms with Crippen molar-refractivity contribution < 1.29 is 0 Å². The molecule has 6 nitrogen and oxygen atoms in total. The Kier molecular flexibility index (Phi) is 11.2. The second-order valence-corrected chi connectivity index (χ2v) is 9.00. The van der Waals surface area contributed by atoms with E-state index in [2.05, 4.69) is 58.2 Å². The van der Waals surface area contributed by atoms with Crippen LogP contribution in [0.1, 0.15) is 49.6 Å². The monoisotopic (exact) mass is 544 g/mol. The Morgan fingerprint density at radius 2 is 2.13 bits per heavy atom. The van der Waals surface area contributed by atoms with Crippen molar-refractivity contribution in [2.24, 2.45) is 18.0 Å². The van der Waals surface area contributed by atoms with Crippen LogP contribution in [0.3, 0.4) is 0 Å². The van der Waals surface area contributed by atoms with Gasteiger partial charge in [0.2, 0.25) is 0 Å². The third kappa shape index (κ3) is 7.85. The Balaban J connectivity index is 0.00000320. The zero-order chi connectivity index (χ0) is 20.5. The van der Waals surface area contributed by atoms with Gasteiger partial charge in [0, 0.05) is 31.2 Å². The van der Waals surface area contributed by atoms with E-state index < -0.39 is 0 Å². The summed E-state index contributed by atoms with van der Waals surface area (Å²) in [4.78, 5) is 9.01. The highest BCUT2D eigenvalue weighted by atomic mass is 127. The summed E-state index contributed by atoms with van der Waals surface area (Å²) >= 11 is 1.85. The number of aryl methyl sites for hydroxylation is 2. The summed E-state index contributed by atoms with van der Waals surface area (Å²) in [6.07, 6.45) is 8.71. The van der Waals surface area contributed by atoms with E-state index in [0.717, 1.165) is 44.4 Å². The molecule has 0 saturated carbocycles. The maximum absolute atomic E-state index is 4.96. The second kappa shape index (κ2) is 13.3. The van der Waals surface area contributed by atoms with Crippen LogP contribution in [0.5, 0.6) is 0 Å². The average Bonchev–Trinajstić information content (AvgIpc) is 3.38. The molecule has 0 spiro atoms. The summed E-state index contributed by atoms with van der Waals surface area (Å²) < 4.78 is 1.86. The molecule has 1 aliphatic rings. The van der Waals surface area contributed by atoms with Gasteiger partial charge in [0.1, 0.15) is 0 Å². The number of halogens is 1. The Morgan fingerprint density at radius 3 is 2.77 bits per heavy atom. The molecule has 1 saturated heterocycles. The van der Waals surface area contributed by atoms with Crippen LogP contribution in [-0.4, -0.2) is 53.4 Å². The average molecular weight is 545 g/mol. The fourth-order valence-corrected chi connectivity index (χ4v) is 4.68. The van der Waals surface area contributed by atoms with Crippen LogP contribution in [0.25, 0.3) is 0 Å². The first-order valence-corrected chi connectivity index (χ1v) is 11.8. The molecule has 2 aromatic rings. The topological polar surface area (TPSA) is 57.5 Å². The fourth-order valence-electron chi connectivity index (χ4n) is 3.83. The summed E-state index contributed by atoms with van der Waals surface area (Å²) in [5.74, 6) is 1.77. The number of nitrogens with one attached hydrogen (secondary N) is 2. The highest BCUT2D eigenvalue weighted by molar-refractivity contribution is 14.0. The summed E-state index contributed by atoms with van der Waals surface area (Å²) in [5.41, 5.74) is 1.29. The molecule has 3 rings (SSSR count). The Labute approximate surface area is 202 Å². The van der Waals surface area contributed by atoms with E-state index in [0.29, 0.717) is 6.04 Å². The number of piperidine rings is 1. The number of hydrogen-bond donors (Lipinski definition) is 2. The van der Waals surface area contributed by atoms with E-state index in [1.807, 2.05) is 29.3 Å². The van der Waals surface area contributed by atoms with Gasteiger partial charge in [-0.1, -0.05) is 13.0 Å². The van der Waals surface area contributed by atoms with Crippen molar-refractivity contribution in [3.05, 3.63) is 40.3 Å². The van der Waals surface area contributed by atoms with Crippen LogP contribution in [0.2, 0.25) is 0 Å². The molecular weight excluding hydrogens is 507 g/mol. The zero-order valence-corrected chi connectivity index (χ0v) is 21.7. The number of thiophene rings is 1. The first-order chi connectivity index (χ1) is 14.2. The summed E-state index contributed by atoms with van der Waals surface area (Å²) in [7, 11) is 1.96. The number of hydrogen-bond acceptors (Lipinski definition) is 4. The van der Waals surface area contributed by atoms with Crippen LogP contribution in [-0.2, 0) is 13.5 Å². The van der Waals surface area contributed by atoms with Gasteiger partial charge in [-0.3, -0.25) is 14.6 Å². The molecule has 30 heavy (non-hydrogen) atoms. The molecule has 1 aliphatic heterocycles. The molecular formula is C22H37IN6S. The van der Waals surface area contributed by atoms with Crippen molar-refractivity contribution in [1.29, 1.82) is 0 Å². The van der Waals surface area contributed by atoms with Crippen molar-refractivity contribution in [3.63, 3.8) is 0 Å². The molecule has 3 heterocycles. The number of nitrogens with zero attached hydrogens (tertiary/aromatic N) is 4. The van der Waals surface area contributed by atoms with Crippen LogP contribution < -0.4 is 10.6 Å². The van der Waals surface area contributed by atoms with Crippen molar-refractivity contribution >= 4 is 41.3 Å². The predicted octanol–water partition coefficient (Wildman–Crippen LogP) is 4.06. The molecule has 1 fully saturated rings. The van der Waals surface area contributed by atoms with E-state index in [9.17, 15) is 0 Å². The Bertz CT molecular complexity index is 737. The lowest BCUT2D eigenvalue weighted by Crippen LogP contribution is -2.40. The molecule has 0 aliphatic carbocycles. The van der Waals surface area contributed by atoms with E-state index >= 15 is 0 Å². The summed E-state index contributed by atoms with van der Waals surface area (Å²) in [6, 6.07) is 4.80. The Morgan fingerprint density at radius 1 is 1.33 bits per heavy atom. The number of likely N-dealkylation sites (tertiary alicyclic amines) is 1. The van der Waals surface area contributed by atoms with E-state index in [1.165, 1.54) is 36.4 Å². The standard InChI is InChI=1S/C22H36N6S.HI/c1-4-23-22(24-11-5-7-19-15-26-27(3)17-19)25-16-20(21-8-6-14-29-21)28-12-9-18(2)10-13-28;/h6,8,14-15,17-18,20H,4-5,7,9-13,16H2,1-3H3,(H2,23,24,25);1H. The van der Waals surface area contributed by atoms with Crippen molar-refractivity contribution in [3.8, 4) is 0 Å². The van der Waals surface area contributed by atoms with Crippen LogP contribution in [0.4, 0.5) is 0 Å². The second-order valence-electron chi connectivity index (χ2n) is 8.02. The van der Waals surface area contributed by atoms with Gasteiger partial charge in [-0.2, -0.15) is 5.10 Å². The highest BCUT2D eigenvalue weighted by Gasteiger charge is 2.25. The molecule has 2 N–H and O–H groups in total. The third-order valence-electron chi connectivity index (χ3n) is 5.59. The maximum Gasteiger partial charge on any atom is 0.191 e. The lowest BCUT2D eigenvalue weighted by molar-refractivity contribution is 0.143. The fraction of sp³-hybridized carbons (Fsp3) is 0.636. The number of guanidine groups is 1. The lowest BCUT2D eigenvalue weighted by atomic mass is 9.97. The number of aromatic nitrogens is 2. The third-order valence-corrected chi connectivity index (χ3v) is 6.56. The SMILES string of the molecule is CCNC(=NCC(c1cccs1)N1CCC(C)CC1)NCCCc1cnn(C)c1.I. The lowest BCUT2D eigenvalue weighted by Gasteiger charge is -2.35. The number of aliphatic imine (C=N–C) groups is 1. The van der Waals surface area contributed by atoms with Crippen molar-refractivity contribution in [2.45, 2.75) is 45.6 Å². The highest BCUT2D eigenvalue weighted by Crippen LogP contribution is 2.29. The molecule has 8 heteroatoms. The normalized spacial score (nSPS) is 16.8. The first-order valence-electron chi connectivity index (χ1n) is 10.9. The largest absolute Gasteiger partial charge is 0.357 e. The minimum atomic E-state index is 0. The van der Waals surface area contributed by atoms with Gasteiger partial charge in [-0.25, -0.2) is 0 Å². The molecule has 0 bridgehead atoms. The van der Waals surface area contributed by atoms with Gasteiger partial charge < -0.3 is 10.6 Å². The minimum absolute atomic E-state index is 0. The van der Waals surface area contributed by atoms with Gasteiger partial charge in [0.15, 0.2) is 5.96 Å². The van der Waals surface area contributed by atoms with Crippen molar-refractivity contribution in [2.75, 3.05) is 32.7 Å². The predicted molar refractivity (Wildman–Crippen MR) is 138 cm³/mol. The summed E-state index contributed by atoms with van der Waals surface area (Å²) in [5, 5.41) is 13.3.